The summed E-state index contributed by atoms with van der Waals surface area (Å²) in [6.45, 7) is 9.08. The third kappa shape index (κ3) is 10.1. The van der Waals surface area contributed by atoms with Crippen LogP contribution in [-0.2, 0) is 26.9 Å². The molecule has 0 fully saturated rings. The van der Waals surface area contributed by atoms with Crippen molar-refractivity contribution in [1.29, 1.82) is 0 Å². The minimum atomic E-state index is -4.41. The van der Waals surface area contributed by atoms with Crippen LogP contribution in [0.1, 0.15) is 38.3 Å². The van der Waals surface area contributed by atoms with Crippen LogP contribution in [0.25, 0.3) is 0 Å². The zero-order valence-electron chi connectivity index (χ0n) is 17.7. The fraction of sp³-hybridized carbons (Fsp3) is 0.524. The van der Waals surface area contributed by atoms with Crippen molar-refractivity contribution in [2.24, 2.45) is 0 Å². The number of halogens is 4. The number of likely N-dealkylation sites (N-methyl/N-ethyl adjacent to an activating group) is 1. The van der Waals surface area contributed by atoms with Crippen molar-refractivity contribution in [3.63, 3.8) is 0 Å². The molecule has 1 N–H and O–H groups in total. The summed E-state index contributed by atoms with van der Waals surface area (Å²) in [5.74, 6) is -0.882. The minimum Gasteiger partial charge on any atom is -0.459 e. The Kier molecular flexibility index (Phi) is 11.1. The van der Waals surface area contributed by atoms with E-state index in [0.717, 1.165) is 12.1 Å². The van der Waals surface area contributed by atoms with Crippen LogP contribution in [0.4, 0.5) is 13.2 Å². The lowest BCUT2D eigenvalue weighted by Crippen LogP contribution is -2.48. The van der Waals surface area contributed by atoms with Crippen molar-refractivity contribution in [3.05, 3.63) is 48.0 Å². The van der Waals surface area contributed by atoms with E-state index in [2.05, 4.69) is 11.9 Å². The second-order valence-corrected chi connectivity index (χ2v) is 7.76. The molecule has 0 aliphatic carbocycles. The molecule has 0 radical (unpaired) electrons. The molecule has 0 aromatic heterocycles. The first-order chi connectivity index (χ1) is 13.3. The molecule has 5 nitrogen and oxygen atoms in total. The maximum Gasteiger partial charge on any atom is 0.416 e. The largest absolute Gasteiger partial charge is 0.459 e. The summed E-state index contributed by atoms with van der Waals surface area (Å²) in [6, 6.07) is 3.99. The van der Waals surface area contributed by atoms with E-state index in [1.165, 1.54) is 24.1 Å². The first-order valence-electron chi connectivity index (χ1n) is 9.30. The Hall–Kier alpha value is -2.06. The van der Waals surface area contributed by atoms with E-state index in [1.807, 2.05) is 0 Å². The highest BCUT2D eigenvalue weighted by Gasteiger charge is 2.30. The standard InChI is InChI=1S/C21H29F3N2O3.ClH/c1-6-7-12-25-17(13-15-8-10-16(11-9-15)21(22,23)24)19(28)26(5)14-18(27)29-20(2,3)4;/h6,8-11,17,25H,1,7,12-14H2,2-5H3;1H/t17-;/m0./s1. The van der Waals surface area contributed by atoms with Gasteiger partial charge in [0.15, 0.2) is 0 Å². The highest BCUT2D eigenvalue weighted by Crippen LogP contribution is 2.29. The van der Waals surface area contributed by atoms with Crippen molar-refractivity contribution in [2.45, 2.75) is 51.4 Å². The van der Waals surface area contributed by atoms with Gasteiger partial charge in [0.1, 0.15) is 12.1 Å². The zero-order chi connectivity index (χ0) is 22.2. The molecular weight excluding hydrogens is 421 g/mol. The molecule has 1 amide bonds. The van der Waals surface area contributed by atoms with Gasteiger partial charge in [0.2, 0.25) is 5.91 Å². The molecule has 0 spiro atoms. The topological polar surface area (TPSA) is 58.6 Å². The number of nitrogens with one attached hydrogen (secondary N) is 1. The summed E-state index contributed by atoms with van der Waals surface area (Å²) < 4.78 is 43.4. The fourth-order valence-corrected chi connectivity index (χ4v) is 2.58. The van der Waals surface area contributed by atoms with E-state index in [0.29, 0.717) is 18.5 Å². The van der Waals surface area contributed by atoms with E-state index in [-0.39, 0.29) is 31.3 Å². The van der Waals surface area contributed by atoms with Gasteiger partial charge in [0.05, 0.1) is 11.6 Å². The van der Waals surface area contributed by atoms with Gasteiger partial charge in [0, 0.05) is 7.05 Å². The average molecular weight is 451 g/mol. The van der Waals surface area contributed by atoms with Gasteiger partial charge in [-0.15, -0.1) is 19.0 Å². The first kappa shape index (κ1) is 27.9. The molecule has 170 valence electrons. The van der Waals surface area contributed by atoms with Gasteiger partial charge in [-0.1, -0.05) is 18.2 Å². The molecular formula is C21H30ClF3N2O3. The maximum absolute atomic E-state index is 12.8. The molecule has 1 atom stereocenters. The van der Waals surface area contributed by atoms with Crippen LogP contribution in [0.3, 0.4) is 0 Å². The number of hydrogen-bond acceptors (Lipinski definition) is 4. The van der Waals surface area contributed by atoms with Crippen molar-refractivity contribution in [2.75, 3.05) is 20.1 Å². The first-order valence-corrected chi connectivity index (χ1v) is 9.30. The van der Waals surface area contributed by atoms with E-state index in [4.69, 9.17) is 4.74 Å². The Morgan fingerprint density at radius 3 is 2.23 bits per heavy atom. The average Bonchev–Trinajstić information content (AvgIpc) is 2.58. The lowest BCUT2D eigenvalue weighted by Gasteiger charge is -2.26. The molecule has 9 heteroatoms. The lowest BCUT2D eigenvalue weighted by atomic mass is 10.0. The molecule has 1 aromatic rings. The van der Waals surface area contributed by atoms with Crippen LogP contribution in [0.5, 0.6) is 0 Å². The smallest absolute Gasteiger partial charge is 0.416 e. The second kappa shape index (κ2) is 12.0. The van der Waals surface area contributed by atoms with Crippen molar-refractivity contribution in [1.82, 2.24) is 10.2 Å². The van der Waals surface area contributed by atoms with Crippen LogP contribution in [-0.4, -0.2) is 48.6 Å². The molecule has 1 rings (SSSR count). The SMILES string of the molecule is C=CCCN[C@@H](Cc1ccc(C(F)(F)F)cc1)C(=O)N(C)CC(=O)OC(C)(C)C.Cl. The second-order valence-electron chi connectivity index (χ2n) is 7.76. The van der Waals surface area contributed by atoms with E-state index in [9.17, 15) is 22.8 Å². The number of benzene rings is 1. The van der Waals surface area contributed by atoms with E-state index < -0.39 is 29.4 Å². The Morgan fingerprint density at radius 2 is 1.77 bits per heavy atom. The van der Waals surface area contributed by atoms with Gasteiger partial charge in [-0.3, -0.25) is 9.59 Å². The van der Waals surface area contributed by atoms with E-state index >= 15 is 0 Å². The molecule has 0 saturated heterocycles. The number of hydrogen-bond donors (Lipinski definition) is 1. The summed E-state index contributed by atoms with van der Waals surface area (Å²) in [6.07, 6.45) is -1.92. The number of amides is 1. The molecule has 30 heavy (non-hydrogen) atoms. The number of rotatable bonds is 9. The van der Waals surface area contributed by atoms with Crippen LogP contribution in [0, 0.1) is 0 Å². The fourth-order valence-electron chi connectivity index (χ4n) is 2.58. The molecule has 1 aromatic carbocycles. The number of ether oxygens (including phenoxy) is 1. The Balaban J connectivity index is 0.00000841. The quantitative estimate of drug-likeness (QED) is 0.351. The van der Waals surface area contributed by atoms with Gasteiger partial charge in [-0.2, -0.15) is 13.2 Å². The normalized spacial score (nSPS) is 12.5. The van der Waals surface area contributed by atoms with Gasteiger partial charge in [-0.05, 0) is 57.9 Å². The number of carbonyl (C=O) groups excluding carboxylic acids is 2. The molecule has 0 unspecified atom stereocenters. The Bertz CT molecular complexity index is 701. The molecule has 0 bridgehead atoms. The van der Waals surface area contributed by atoms with Gasteiger partial charge < -0.3 is 15.0 Å². The summed E-state index contributed by atoms with van der Waals surface area (Å²) >= 11 is 0. The summed E-state index contributed by atoms with van der Waals surface area (Å²) in [7, 11) is 1.49. The molecule has 0 aliphatic rings. The molecule has 0 aliphatic heterocycles. The predicted molar refractivity (Wildman–Crippen MR) is 112 cm³/mol. The minimum absolute atomic E-state index is 0. The number of nitrogens with zero attached hydrogens (tertiary/aromatic N) is 1. The van der Waals surface area contributed by atoms with Crippen LogP contribution < -0.4 is 5.32 Å². The van der Waals surface area contributed by atoms with Gasteiger partial charge in [0.25, 0.3) is 0 Å². The van der Waals surface area contributed by atoms with Gasteiger partial charge in [-0.25, -0.2) is 0 Å². The van der Waals surface area contributed by atoms with Crippen LogP contribution in [0.15, 0.2) is 36.9 Å². The van der Waals surface area contributed by atoms with E-state index in [1.54, 1.807) is 26.8 Å². The van der Waals surface area contributed by atoms with Crippen LogP contribution in [0.2, 0.25) is 0 Å². The predicted octanol–water partition coefficient (Wildman–Crippen LogP) is 4.00. The summed E-state index contributed by atoms with van der Waals surface area (Å²) in [4.78, 5) is 26.1. The monoisotopic (exact) mass is 450 g/mol. The Morgan fingerprint density at radius 1 is 1.20 bits per heavy atom. The van der Waals surface area contributed by atoms with Crippen molar-refractivity contribution < 1.29 is 27.5 Å². The maximum atomic E-state index is 12.8. The lowest BCUT2D eigenvalue weighted by molar-refractivity contribution is -0.158. The number of esters is 1. The molecule has 0 heterocycles. The van der Waals surface area contributed by atoms with Crippen molar-refractivity contribution in [3.8, 4) is 0 Å². The molecule has 0 saturated carbocycles. The van der Waals surface area contributed by atoms with Crippen molar-refractivity contribution >= 4 is 24.3 Å². The van der Waals surface area contributed by atoms with Gasteiger partial charge >= 0.3 is 12.1 Å². The zero-order valence-corrected chi connectivity index (χ0v) is 18.5. The highest BCUT2D eigenvalue weighted by molar-refractivity contribution is 5.86. The third-order valence-electron chi connectivity index (χ3n) is 3.92. The summed E-state index contributed by atoms with van der Waals surface area (Å²) in [5.41, 5.74) is -0.832. The Labute approximate surface area is 182 Å². The third-order valence-corrected chi connectivity index (χ3v) is 3.92. The number of carbonyl (C=O) groups is 2. The summed E-state index contributed by atoms with van der Waals surface area (Å²) in [5, 5.41) is 3.08. The van der Waals surface area contributed by atoms with Crippen LogP contribution >= 0.6 is 12.4 Å². The number of alkyl halides is 3. The highest BCUT2D eigenvalue weighted by atomic mass is 35.5.